The van der Waals surface area contributed by atoms with E-state index in [9.17, 15) is 9.59 Å². The summed E-state index contributed by atoms with van der Waals surface area (Å²) < 4.78 is 0. The molecule has 5 nitrogen and oxygen atoms in total. The molecule has 0 aliphatic carbocycles. The van der Waals surface area contributed by atoms with Gasteiger partial charge in [0.25, 0.3) is 5.91 Å². The normalized spacial score (nSPS) is 13.2. The van der Waals surface area contributed by atoms with Crippen molar-refractivity contribution in [3.8, 4) is 0 Å². The maximum absolute atomic E-state index is 11.7. The van der Waals surface area contributed by atoms with E-state index in [1.807, 2.05) is 0 Å². The number of carbonyl (C=O) groups excluding carboxylic acids is 1. The molecule has 2 rings (SSSR count). The molecule has 1 heterocycles. The van der Waals surface area contributed by atoms with Crippen LogP contribution in [0.1, 0.15) is 15.9 Å². The van der Waals surface area contributed by atoms with E-state index in [1.165, 1.54) is 6.08 Å². The average Bonchev–Trinajstić information content (AvgIpc) is 2.36. The Morgan fingerprint density at radius 3 is 2.72 bits per heavy atom. The molecule has 5 heteroatoms. The lowest BCUT2D eigenvalue weighted by Gasteiger charge is -2.20. The van der Waals surface area contributed by atoms with Crippen molar-refractivity contribution < 1.29 is 14.7 Å². The fraction of sp³-hybridized carbons (Fsp3) is 0.0769. The molecule has 0 atom stereocenters. The van der Waals surface area contributed by atoms with E-state index in [1.54, 1.807) is 25.2 Å². The van der Waals surface area contributed by atoms with Crippen LogP contribution in [0.5, 0.6) is 0 Å². The number of anilines is 1. The highest BCUT2D eigenvalue weighted by atomic mass is 16.4. The summed E-state index contributed by atoms with van der Waals surface area (Å²) >= 11 is 0. The summed E-state index contributed by atoms with van der Waals surface area (Å²) in [5.74, 6) is -1.30. The van der Waals surface area contributed by atoms with Gasteiger partial charge in [0.1, 0.15) is 5.70 Å². The molecular formula is C13H12N2O3. The largest absolute Gasteiger partial charge is 0.477 e. The number of fused-ring (bicyclic) bond motifs is 1. The third kappa shape index (κ3) is 1.86. The van der Waals surface area contributed by atoms with Crippen LogP contribution in [0, 0.1) is 0 Å². The second-order valence-electron chi connectivity index (χ2n) is 3.82. The van der Waals surface area contributed by atoms with Crippen molar-refractivity contribution in [2.24, 2.45) is 0 Å². The number of carboxylic acids is 1. The second-order valence-corrected chi connectivity index (χ2v) is 3.82. The van der Waals surface area contributed by atoms with Crippen LogP contribution in [0.3, 0.4) is 0 Å². The number of allylic oxidation sites excluding steroid dienone is 2. The topological polar surface area (TPSA) is 78.4 Å². The minimum Gasteiger partial charge on any atom is -0.477 e. The summed E-state index contributed by atoms with van der Waals surface area (Å²) in [5, 5.41) is 14.3. The number of nitrogens with one attached hydrogen (secondary N) is 2. The van der Waals surface area contributed by atoms with Crippen LogP contribution in [-0.4, -0.2) is 24.0 Å². The number of amides is 1. The molecule has 0 aromatic heterocycles. The van der Waals surface area contributed by atoms with Gasteiger partial charge in [0, 0.05) is 23.9 Å². The van der Waals surface area contributed by atoms with Gasteiger partial charge in [0.15, 0.2) is 0 Å². The van der Waals surface area contributed by atoms with E-state index in [-0.39, 0.29) is 11.6 Å². The SMILES string of the molecule is C=C1C=C(C(=O)O)Nc2cccc(C(=O)NC)c21. The Balaban J connectivity index is 2.55. The van der Waals surface area contributed by atoms with Gasteiger partial charge < -0.3 is 15.7 Å². The number of aliphatic carboxylic acids is 1. The highest BCUT2D eigenvalue weighted by molar-refractivity contribution is 6.06. The van der Waals surface area contributed by atoms with Crippen molar-refractivity contribution in [3.05, 3.63) is 47.7 Å². The number of hydrogen-bond donors (Lipinski definition) is 3. The first-order valence-electron chi connectivity index (χ1n) is 5.31. The molecule has 0 spiro atoms. The van der Waals surface area contributed by atoms with Crippen molar-refractivity contribution >= 4 is 23.1 Å². The van der Waals surface area contributed by atoms with Crippen LogP contribution < -0.4 is 10.6 Å². The molecular weight excluding hydrogens is 232 g/mol. The second kappa shape index (κ2) is 4.37. The van der Waals surface area contributed by atoms with E-state index in [0.717, 1.165) is 0 Å². The van der Waals surface area contributed by atoms with Crippen molar-refractivity contribution in [3.63, 3.8) is 0 Å². The fourth-order valence-corrected chi connectivity index (χ4v) is 1.87. The Hall–Kier alpha value is -2.56. The molecule has 1 aromatic rings. The van der Waals surface area contributed by atoms with Gasteiger partial charge in [-0.1, -0.05) is 12.6 Å². The Kier molecular flexibility index (Phi) is 2.89. The zero-order valence-corrected chi connectivity index (χ0v) is 9.78. The molecule has 0 radical (unpaired) electrons. The Morgan fingerprint density at radius 1 is 1.39 bits per heavy atom. The van der Waals surface area contributed by atoms with Crippen molar-refractivity contribution in [2.75, 3.05) is 12.4 Å². The smallest absolute Gasteiger partial charge is 0.352 e. The average molecular weight is 244 g/mol. The van der Waals surface area contributed by atoms with Crippen molar-refractivity contribution in [2.45, 2.75) is 0 Å². The van der Waals surface area contributed by atoms with Gasteiger partial charge in [-0.15, -0.1) is 0 Å². The molecule has 0 saturated heterocycles. The molecule has 1 aromatic carbocycles. The maximum atomic E-state index is 11.7. The Labute approximate surface area is 104 Å². The van der Waals surface area contributed by atoms with Gasteiger partial charge in [-0.3, -0.25) is 4.79 Å². The number of hydrogen-bond acceptors (Lipinski definition) is 3. The molecule has 1 aliphatic rings. The number of carboxylic acid groups (broad SMARTS) is 1. The molecule has 0 fully saturated rings. The molecule has 0 unspecified atom stereocenters. The summed E-state index contributed by atoms with van der Waals surface area (Å²) in [4.78, 5) is 22.7. The van der Waals surface area contributed by atoms with Gasteiger partial charge in [-0.2, -0.15) is 0 Å². The highest BCUT2D eigenvalue weighted by Gasteiger charge is 2.22. The van der Waals surface area contributed by atoms with Gasteiger partial charge >= 0.3 is 5.97 Å². The quantitative estimate of drug-likeness (QED) is 0.735. The number of benzene rings is 1. The van der Waals surface area contributed by atoms with E-state index in [0.29, 0.717) is 22.4 Å². The van der Waals surface area contributed by atoms with E-state index in [2.05, 4.69) is 17.2 Å². The highest BCUT2D eigenvalue weighted by Crippen LogP contribution is 2.33. The van der Waals surface area contributed by atoms with Gasteiger partial charge in [-0.25, -0.2) is 4.79 Å². The van der Waals surface area contributed by atoms with Gasteiger partial charge in [0.05, 0.1) is 0 Å². The number of rotatable bonds is 2. The number of carbonyl (C=O) groups is 2. The first-order valence-corrected chi connectivity index (χ1v) is 5.31. The summed E-state index contributed by atoms with van der Waals surface area (Å²) in [6.07, 6.45) is 1.41. The van der Waals surface area contributed by atoms with Gasteiger partial charge in [-0.05, 0) is 23.8 Å². The predicted molar refractivity (Wildman–Crippen MR) is 68.2 cm³/mol. The van der Waals surface area contributed by atoms with Crippen LogP contribution in [0.4, 0.5) is 5.69 Å². The van der Waals surface area contributed by atoms with E-state index < -0.39 is 5.97 Å². The lowest BCUT2D eigenvalue weighted by molar-refractivity contribution is -0.132. The van der Waals surface area contributed by atoms with Crippen molar-refractivity contribution in [1.29, 1.82) is 0 Å². The van der Waals surface area contributed by atoms with Crippen LogP contribution in [0.2, 0.25) is 0 Å². The van der Waals surface area contributed by atoms with Crippen molar-refractivity contribution in [1.82, 2.24) is 5.32 Å². The summed E-state index contributed by atoms with van der Waals surface area (Å²) in [6.45, 7) is 3.81. The third-order valence-corrected chi connectivity index (χ3v) is 2.68. The van der Waals surface area contributed by atoms with Crippen LogP contribution in [-0.2, 0) is 4.79 Å². The maximum Gasteiger partial charge on any atom is 0.352 e. The fourth-order valence-electron chi connectivity index (χ4n) is 1.87. The molecule has 3 N–H and O–H groups in total. The van der Waals surface area contributed by atoms with Crippen LogP contribution in [0.25, 0.3) is 5.57 Å². The zero-order valence-electron chi connectivity index (χ0n) is 9.78. The summed E-state index contributed by atoms with van der Waals surface area (Å²) in [6, 6.07) is 5.07. The standard InChI is InChI=1S/C13H12N2O3/c1-7-6-10(13(17)18)15-9-5-3-4-8(11(7)9)12(16)14-2/h3-6,15H,1H2,2H3,(H,14,16)(H,17,18). The van der Waals surface area contributed by atoms with E-state index >= 15 is 0 Å². The lowest BCUT2D eigenvalue weighted by atomic mass is 9.94. The molecule has 1 aliphatic heterocycles. The first kappa shape index (κ1) is 11.9. The monoisotopic (exact) mass is 244 g/mol. The van der Waals surface area contributed by atoms with Gasteiger partial charge in [0.2, 0.25) is 0 Å². The zero-order chi connectivity index (χ0) is 13.3. The minimum absolute atomic E-state index is 0.0431. The lowest BCUT2D eigenvalue weighted by Crippen LogP contribution is -2.22. The molecule has 18 heavy (non-hydrogen) atoms. The van der Waals surface area contributed by atoms with Crippen LogP contribution >= 0.6 is 0 Å². The van der Waals surface area contributed by atoms with Crippen LogP contribution in [0.15, 0.2) is 36.6 Å². The molecule has 0 saturated carbocycles. The molecule has 92 valence electrons. The third-order valence-electron chi connectivity index (χ3n) is 2.68. The Morgan fingerprint density at radius 2 is 2.11 bits per heavy atom. The van der Waals surface area contributed by atoms with E-state index in [4.69, 9.17) is 5.11 Å². The first-order chi connectivity index (χ1) is 8.54. The summed E-state index contributed by atoms with van der Waals surface area (Å²) in [7, 11) is 1.54. The summed E-state index contributed by atoms with van der Waals surface area (Å²) in [5.41, 5.74) is 2.21. The Bertz CT molecular complexity index is 588. The minimum atomic E-state index is -1.06. The molecule has 0 bridgehead atoms. The molecule has 1 amide bonds. The predicted octanol–water partition coefficient (Wildman–Crippen LogP) is 1.45.